The minimum absolute atomic E-state index is 0.231. The first-order valence-electron chi connectivity index (χ1n) is 6.02. The zero-order chi connectivity index (χ0) is 13.8. The molecule has 2 atom stereocenters. The maximum atomic E-state index is 12.2. The van der Waals surface area contributed by atoms with E-state index in [4.69, 9.17) is 14.2 Å². The highest BCUT2D eigenvalue weighted by Crippen LogP contribution is 2.26. The zero-order valence-electron chi connectivity index (χ0n) is 11.4. The average Bonchev–Trinajstić information content (AvgIpc) is 2.92. The molecule has 2 unspecified atom stereocenters. The van der Waals surface area contributed by atoms with Crippen LogP contribution in [0.4, 0.5) is 5.69 Å². The van der Waals surface area contributed by atoms with Crippen molar-refractivity contribution in [3.8, 4) is 5.75 Å². The third kappa shape index (κ3) is 3.46. The van der Waals surface area contributed by atoms with Crippen LogP contribution in [0.5, 0.6) is 5.75 Å². The lowest BCUT2D eigenvalue weighted by Crippen LogP contribution is -2.20. The van der Waals surface area contributed by atoms with Gasteiger partial charge < -0.3 is 19.1 Å². The highest BCUT2D eigenvalue weighted by molar-refractivity contribution is 7.84. The molecule has 106 valence electrons. The summed E-state index contributed by atoms with van der Waals surface area (Å²) < 4.78 is 27.8. The molecule has 0 saturated carbocycles. The summed E-state index contributed by atoms with van der Waals surface area (Å²) in [5.74, 6) is 1.19. The van der Waals surface area contributed by atoms with Crippen LogP contribution in [0.3, 0.4) is 0 Å². The standard InChI is InChI=1S/C13H19NO4S/c1-14(2)12-5-4-11(16-3)6-10(12)8-19(15)13-7-17-9-18-13/h4-6,13H,7-9H2,1-3H3. The van der Waals surface area contributed by atoms with Gasteiger partial charge in [-0.3, -0.25) is 4.21 Å². The third-order valence-corrected chi connectivity index (χ3v) is 4.40. The van der Waals surface area contributed by atoms with Crippen LogP contribution in [0.25, 0.3) is 0 Å². The lowest BCUT2D eigenvalue weighted by Gasteiger charge is -2.19. The van der Waals surface area contributed by atoms with E-state index in [-0.39, 0.29) is 12.2 Å². The predicted molar refractivity (Wildman–Crippen MR) is 74.9 cm³/mol. The Labute approximate surface area is 115 Å². The van der Waals surface area contributed by atoms with Crippen molar-refractivity contribution < 1.29 is 18.4 Å². The maximum Gasteiger partial charge on any atom is 0.158 e. The molecule has 5 nitrogen and oxygen atoms in total. The molecule has 2 rings (SSSR count). The molecule has 1 aromatic rings. The van der Waals surface area contributed by atoms with Crippen molar-refractivity contribution in [1.29, 1.82) is 0 Å². The van der Waals surface area contributed by atoms with E-state index in [1.165, 1.54) is 0 Å². The topological polar surface area (TPSA) is 48.0 Å². The van der Waals surface area contributed by atoms with Gasteiger partial charge in [-0.15, -0.1) is 0 Å². The Balaban J connectivity index is 2.18. The first-order chi connectivity index (χ1) is 9.11. The van der Waals surface area contributed by atoms with Gasteiger partial charge in [-0.1, -0.05) is 0 Å². The van der Waals surface area contributed by atoms with Gasteiger partial charge in [0.2, 0.25) is 0 Å². The summed E-state index contributed by atoms with van der Waals surface area (Å²) in [7, 11) is 4.43. The minimum Gasteiger partial charge on any atom is -0.497 e. The molecule has 0 aliphatic carbocycles. The molecule has 1 aliphatic rings. The molecule has 1 saturated heterocycles. The van der Waals surface area contributed by atoms with Crippen LogP contribution in [0, 0.1) is 0 Å². The van der Waals surface area contributed by atoms with Crippen LogP contribution in [0.1, 0.15) is 5.56 Å². The van der Waals surface area contributed by atoms with Crippen molar-refractivity contribution in [2.24, 2.45) is 0 Å². The highest BCUT2D eigenvalue weighted by atomic mass is 32.2. The van der Waals surface area contributed by atoms with E-state index >= 15 is 0 Å². The average molecular weight is 285 g/mol. The molecule has 1 aliphatic heterocycles. The number of nitrogens with zero attached hydrogens (tertiary/aromatic N) is 1. The van der Waals surface area contributed by atoms with E-state index < -0.39 is 10.8 Å². The van der Waals surface area contributed by atoms with Gasteiger partial charge in [0.15, 0.2) is 5.44 Å². The Morgan fingerprint density at radius 3 is 2.84 bits per heavy atom. The SMILES string of the molecule is COc1ccc(N(C)C)c(CS(=O)C2COCO2)c1. The molecule has 1 aromatic carbocycles. The summed E-state index contributed by atoms with van der Waals surface area (Å²) in [5.41, 5.74) is 1.69. The second-order valence-electron chi connectivity index (χ2n) is 4.50. The van der Waals surface area contributed by atoms with Gasteiger partial charge in [0.25, 0.3) is 0 Å². The van der Waals surface area contributed by atoms with Crippen LogP contribution in [-0.4, -0.2) is 44.2 Å². The van der Waals surface area contributed by atoms with Crippen LogP contribution < -0.4 is 9.64 Å². The number of hydrogen-bond donors (Lipinski definition) is 0. The van der Waals surface area contributed by atoms with Crippen LogP contribution in [-0.2, 0) is 26.0 Å². The first-order valence-corrected chi connectivity index (χ1v) is 7.41. The van der Waals surface area contributed by atoms with E-state index in [1.54, 1.807) is 7.11 Å². The second-order valence-corrected chi connectivity index (χ2v) is 6.07. The van der Waals surface area contributed by atoms with E-state index in [2.05, 4.69) is 0 Å². The van der Waals surface area contributed by atoms with Crippen molar-refractivity contribution in [1.82, 2.24) is 0 Å². The van der Waals surface area contributed by atoms with Crippen molar-refractivity contribution in [2.45, 2.75) is 11.2 Å². The molecule has 0 N–H and O–H groups in total. The predicted octanol–water partition coefficient (Wildman–Crippen LogP) is 1.34. The van der Waals surface area contributed by atoms with E-state index in [9.17, 15) is 4.21 Å². The van der Waals surface area contributed by atoms with Gasteiger partial charge in [0.05, 0.1) is 30.3 Å². The fourth-order valence-electron chi connectivity index (χ4n) is 1.96. The molecule has 1 heterocycles. The number of anilines is 1. The van der Waals surface area contributed by atoms with Gasteiger partial charge in [-0.25, -0.2) is 0 Å². The zero-order valence-corrected chi connectivity index (χ0v) is 12.2. The molecule has 0 aromatic heterocycles. The smallest absolute Gasteiger partial charge is 0.158 e. The van der Waals surface area contributed by atoms with E-state index in [0.29, 0.717) is 12.4 Å². The van der Waals surface area contributed by atoms with E-state index in [0.717, 1.165) is 17.0 Å². The Morgan fingerprint density at radius 1 is 1.47 bits per heavy atom. The molecular weight excluding hydrogens is 266 g/mol. The number of hydrogen-bond acceptors (Lipinski definition) is 5. The first kappa shape index (κ1) is 14.3. The Morgan fingerprint density at radius 2 is 2.26 bits per heavy atom. The quantitative estimate of drug-likeness (QED) is 0.817. The van der Waals surface area contributed by atoms with Gasteiger partial charge in [0.1, 0.15) is 12.5 Å². The summed E-state index contributed by atoms with van der Waals surface area (Å²) in [4.78, 5) is 2.00. The molecule has 0 amide bonds. The number of ether oxygens (including phenoxy) is 3. The molecule has 0 spiro atoms. The summed E-state index contributed by atoms with van der Waals surface area (Å²) in [6.45, 7) is 0.628. The monoisotopic (exact) mass is 285 g/mol. The normalized spacial score (nSPS) is 20.3. The number of benzene rings is 1. The molecular formula is C13H19NO4S. The largest absolute Gasteiger partial charge is 0.497 e. The molecule has 0 bridgehead atoms. The molecule has 19 heavy (non-hydrogen) atoms. The number of rotatable bonds is 5. The van der Waals surface area contributed by atoms with Crippen LogP contribution >= 0.6 is 0 Å². The van der Waals surface area contributed by atoms with Crippen molar-refractivity contribution in [3.05, 3.63) is 23.8 Å². The van der Waals surface area contributed by atoms with E-state index in [1.807, 2.05) is 37.2 Å². The number of methoxy groups -OCH3 is 1. The summed E-state index contributed by atoms with van der Waals surface area (Å²) in [5, 5.41) is 0. The minimum atomic E-state index is -1.11. The second kappa shape index (κ2) is 6.36. The van der Waals surface area contributed by atoms with Gasteiger partial charge in [-0.2, -0.15) is 0 Å². The molecule has 6 heteroatoms. The van der Waals surface area contributed by atoms with Crippen LogP contribution in [0.2, 0.25) is 0 Å². The summed E-state index contributed by atoms with van der Waals surface area (Å²) in [6.07, 6.45) is 0. The maximum absolute atomic E-state index is 12.2. The highest BCUT2D eigenvalue weighted by Gasteiger charge is 2.24. The van der Waals surface area contributed by atoms with Gasteiger partial charge >= 0.3 is 0 Å². The molecule has 0 radical (unpaired) electrons. The van der Waals surface area contributed by atoms with Gasteiger partial charge in [0, 0.05) is 19.8 Å². The Hall–Kier alpha value is -1.11. The molecule has 1 fully saturated rings. The Kier molecular flexibility index (Phi) is 4.79. The lowest BCUT2D eigenvalue weighted by atomic mass is 10.2. The van der Waals surface area contributed by atoms with Crippen molar-refractivity contribution >= 4 is 16.5 Å². The summed E-state index contributed by atoms with van der Waals surface area (Å²) >= 11 is 0. The van der Waals surface area contributed by atoms with Gasteiger partial charge in [-0.05, 0) is 23.8 Å². The fourth-order valence-corrected chi connectivity index (χ4v) is 3.13. The lowest BCUT2D eigenvalue weighted by molar-refractivity contribution is 0.0632. The summed E-state index contributed by atoms with van der Waals surface area (Å²) in [6, 6.07) is 5.79. The van der Waals surface area contributed by atoms with Crippen molar-refractivity contribution in [2.75, 3.05) is 39.5 Å². The van der Waals surface area contributed by atoms with Crippen molar-refractivity contribution in [3.63, 3.8) is 0 Å². The third-order valence-electron chi connectivity index (χ3n) is 2.95. The fraction of sp³-hybridized carbons (Fsp3) is 0.538. The Bertz CT molecular complexity index is 458. The van der Waals surface area contributed by atoms with Crippen LogP contribution in [0.15, 0.2) is 18.2 Å².